The molecule has 0 nitrogen and oxygen atoms in total. The monoisotopic (exact) mass is 435 g/mol. The maximum absolute atomic E-state index is 13.5. The van der Waals surface area contributed by atoms with E-state index in [0.717, 1.165) is 29.7 Å². The summed E-state index contributed by atoms with van der Waals surface area (Å²) in [4.78, 5) is 0. The molecule has 1 aromatic carbocycles. The van der Waals surface area contributed by atoms with Gasteiger partial charge < -0.3 is 0 Å². The van der Waals surface area contributed by atoms with Crippen LogP contribution in [0.15, 0.2) is 18.2 Å². The third kappa shape index (κ3) is 7.69. The van der Waals surface area contributed by atoms with E-state index in [0.29, 0.717) is 0 Å². The lowest BCUT2D eigenvalue weighted by Crippen LogP contribution is -2.28. The first-order chi connectivity index (χ1) is 14.2. The predicted molar refractivity (Wildman–Crippen MR) is 127 cm³/mol. The van der Waals surface area contributed by atoms with E-state index in [1.807, 2.05) is 6.07 Å². The molecule has 3 rings (SSSR count). The third-order valence-corrected chi connectivity index (χ3v) is 11.1. The van der Waals surface area contributed by atoms with Crippen LogP contribution in [0.5, 0.6) is 0 Å². The van der Waals surface area contributed by atoms with Crippen LogP contribution in [0, 0.1) is 23.6 Å². The predicted octanol–water partition coefficient (Wildman–Crippen LogP) is 9.09. The molecule has 1 saturated heterocycles. The third-order valence-electron chi connectivity index (χ3n) is 7.74. The van der Waals surface area contributed by atoms with Crippen LogP contribution in [0.4, 0.5) is 4.39 Å². The Hall–Kier alpha value is -0.343. The zero-order chi connectivity index (χ0) is 20.5. The molecule has 0 aromatic heterocycles. The minimum absolute atomic E-state index is 0.0254. The minimum atomic E-state index is -0.278. The van der Waals surface area contributed by atoms with Crippen molar-refractivity contribution >= 4 is 20.4 Å². The van der Waals surface area contributed by atoms with E-state index in [1.54, 1.807) is 43.1 Å². The van der Waals surface area contributed by atoms with Gasteiger partial charge >= 0.3 is 0 Å². The minimum Gasteiger partial charge on any atom is -0.205 e. The van der Waals surface area contributed by atoms with E-state index in [4.69, 9.17) is 11.6 Å². The number of benzene rings is 1. The van der Waals surface area contributed by atoms with Gasteiger partial charge in [-0.2, -0.15) is 0 Å². The Morgan fingerprint density at radius 2 is 1.66 bits per heavy atom. The van der Waals surface area contributed by atoms with Gasteiger partial charge in [-0.3, -0.25) is 0 Å². The molecule has 2 aliphatic rings. The van der Waals surface area contributed by atoms with Crippen LogP contribution in [-0.4, -0.2) is 8.80 Å². The summed E-state index contributed by atoms with van der Waals surface area (Å²) in [5.41, 5.74) is 1.09. The molecular weight excluding hydrogens is 395 g/mol. The number of unbranched alkanes of at least 4 members (excludes halogenated alkanes) is 3. The van der Waals surface area contributed by atoms with Crippen molar-refractivity contribution in [3.8, 4) is 0 Å². The van der Waals surface area contributed by atoms with Gasteiger partial charge in [-0.1, -0.05) is 101 Å². The van der Waals surface area contributed by atoms with Gasteiger partial charge in [0.25, 0.3) is 0 Å². The SMILES string of the molecule is CCCCC[Si]1CCC(C2CCC(CCCCc3ccc(Cl)c(F)c3)CC2)CC1. The van der Waals surface area contributed by atoms with Crippen molar-refractivity contribution in [2.24, 2.45) is 17.8 Å². The zero-order valence-corrected chi connectivity index (χ0v) is 20.3. The normalized spacial score (nSPS) is 24.1. The Bertz CT molecular complexity index is 588. The van der Waals surface area contributed by atoms with E-state index in [9.17, 15) is 4.39 Å². The van der Waals surface area contributed by atoms with Gasteiger partial charge in [0.15, 0.2) is 0 Å². The highest BCUT2D eigenvalue weighted by atomic mass is 35.5. The molecule has 1 aliphatic carbocycles. The standard InChI is InChI=1S/C26H41ClFSi/c1-2-3-6-17-29-18-15-24(16-19-29)23-12-9-21(10-13-23)7-4-5-8-22-11-14-25(27)26(28)20-22/h11,14,20-21,23-24H,2-10,12-13,15-19H2,1H3. The Morgan fingerprint density at radius 1 is 0.931 bits per heavy atom. The molecule has 1 heterocycles. The average Bonchev–Trinajstić information content (AvgIpc) is 2.75. The first-order valence-corrected chi connectivity index (χ1v) is 14.9. The summed E-state index contributed by atoms with van der Waals surface area (Å²) < 4.78 is 13.5. The molecule has 1 aromatic rings. The van der Waals surface area contributed by atoms with Gasteiger partial charge in [0.05, 0.1) is 5.02 Å². The second kappa shape index (κ2) is 12.5. The van der Waals surface area contributed by atoms with E-state index in [2.05, 4.69) is 6.92 Å². The second-order valence-corrected chi connectivity index (χ2v) is 13.2. The molecular formula is C26H41ClFSi. The summed E-state index contributed by atoms with van der Waals surface area (Å²) in [6, 6.07) is 10.1. The lowest BCUT2D eigenvalue weighted by molar-refractivity contribution is 0.184. The van der Waals surface area contributed by atoms with Crippen molar-refractivity contribution in [2.45, 2.75) is 109 Å². The van der Waals surface area contributed by atoms with Gasteiger partial charge in [0.2, 0.25) is 0 Å². The number of hydrogen-bond donors (Lipinski definition) is 0. The van der Waals surface area contributed by atoms with E-state index < -0.39 is 0 Å². The molecule has 3 heteroatoms. The number of rotatable bonds is 10. The van der Waals surface area contributed by atoms with Crippen LogP contribution >= 0.6 is 11.6 Å². The molecule has 1 aliphatic heterocycles. The van der Waals surface area contributed by atoms with Crippen LogP contribution in [0.2, 0.25) is 23.2 Å². The Labute approximate surface area is 185 Å². The van der Waals surface area contributed by atoms with Crippen molar-refractivity contribution in [3.63, 3.8) is 0 Å². The van der Waals surface area contributed by atoms with Crippen LogP contribution in [0.3, 0.4) is 0 Å². The molecule has 0 bridgehead atoms. The smallest absolute Gasteiger partial charge is 0.142 e. The van der Waals surface area contributed by atoms with Crippen molar-refractivity contribution in [2.75, 3.05) is 0 Å². The van der Waals surface area contributed by atoms with E-state index in [-0.39, 0.29) is 19.6 Å². The second-order valence-electron chi connectivity index (χ2n) is 9.82. The fourth-order valence-corrected chi connectivity index (χ4v) is 8.98. The lowest BCUT2D eigenvalue weighted by atomic mass is 9.73. The first kappa shape index (κ1) is 23.3. The van der Waals surface area contributed by atoms with Gasteiger partial charge in [-0.15, -0.1) is 0 Å². The molecule has 1 saturated carbocycles. The lowest BCUT2D eigenvalue weighted by Gasteiger charge is -2.37. The number of hydrogen-bond acceptors (Lipinski definition) is 0. The van der Waals surface area contributed by atoms with Crippen LogP contribution in [0.1, 0.15) is 89.5 Å². The Morgan fingerprint density at radius 3 is 2.34 bits per heavy atom. The van der Waals surface area contributed by atoms with Gasteiger partial charge in [0, 0.05) is 8.80 Å². The summed E-state index contributed by atoms with van der Waals surface area (Å²) in [6.45, 7) is 2.32. The fraction of sp³-hybridized carbons (Fsp3) is 0.769. The summed E-state index contributed by atoms with van der Waals surface area (Å²) in [7, 11) is 0.0254. The van der Waals surface area contributed by atoms with Crippen LogP contribution < -0.4 is 0 Å². The largest absolute Gasteiger partial charge is 0.205 e. The van der Waals surface area contributed by atoms with Crippen LogP contribution in [0.25, 0.3) is 0 Å². The molecule has 163 valence electrons. The quantitative estimate of drug-likeness (QED) is 0.254. The summed E-state index contributed by atoms with van der Waals surface area (Å²) in [6.07, 6.45) is 18.2. The molecule has 1 radical (unpaired) electrons. The molecule has 0 atom stereocenters. The maximum atomic E-state index is 13.5. The van der Waals surface area contributed by atoms with Crippen molar-refractivity contribution in [3.05, 3.63) is 34.6 Å². The van der Waals surface area contributed by atoms with Gasteiger partial charge in [-0.25, -0.2) is 4.39 Å². The number of aryl methyl sites for hydroxylation is 1. The molecule has 2 fully saturated rings. The molecule has 29 heavy (non-hydrogen) atoms. The number of halogens is 2. The highest BCUT2D eigenvalue weighted by Crippen LogP contribution is 2.42. The van der Waals surface area contributed by atoms with E-state index in [1.165, 1.54) is 64.2 Å². The average molecular weight is 436 g/mol. The van der Waals surface area contributed by atoms with Crippen LogP contribution in [-0.2, 0) is 6.42 Å². The molecule has 0 unspecified atom stereocenters. The molecule has 0 spiro atoms. The van der Waals surface area contributed by atoms with Gasteiger partial charge in [-0.05, 0) is 61.1 Å². The van der Waals surface area contributed by atoms with Crippen molar-refractivity contribution in [1.82, 2.24) is 0 Å². The maximum Gasteiger partial charge on any atom is 0.142 e. The summed E-state index contributed by atoms with van der Waals surface area (Å²) in [5, 5.41) is 0.234. The fourth-order valence-electron chi connectivity index (χ4n) is 5.80. The van der Waals surface area contributed by atoms with Crippen molar-refractivity contribution in [1.29, 1.82) is 0 Å². The summed E-state index contributed by atoms with van der Waals surface area (Å²) in [5.74, 6) is 2.78. The molecule has 0 amide bonds. The summed E-state index contributed by atoms with van der Waals surface area (Å²) >= 11 is 5.77. The van der Waals surface area contributed by atoms with Gasteiger partial charge in [0.1, 0.15) is 5.82 Å². The first-order valence-electron chi connectivity index (χ1n) is 12.4. The highest BCUT2D eigenvalue weighted by molar-refractivity contribution is 6.58. The van der Waals surface area contributed by atoms with Crippen molar-refractivity contribution < 1.29 is 4.39 Å². The molecule has 0 N–H and O–H groups in total. The highest BCUT2D eigenvalue weighted by Gasteiger charge is 2.30. The zero-order valence-electron chi connectivity index (χ0n) is 18.5. The Kier molecular flexibility index (Phi) is 10.1. The Balaban J connectivity index is 1.26. The topological polar surface area (TPSA) is 0 Å². The van der Waals surface area contributed by atoms with E-state index >= 15 is 0 Å².